The van der Waals surface area contributed by atoms with Crippen LogP contribution in [0, 0.1) is 11.8 Å². The number of likely N-dealkylation sites (tertiary alicyclic amines) is 2. The van der Waals surface area contributed by atoms with Gasteiger partial charge in [-0.25, -0.2) is 0 Å². The Labute approximate surface area is 122 Å². The van der Waals surface area contributed by atoms with Crippen LogP contribution < -0.4 is 5.32 Å². The molecular weight excluding hydrogens is 250 g/mol. The summed E-state index contributed by atoms with van der Waals surface area (Å²) in [5, 5.41) is 3.50. The topological polar surface area (TPSA) is 35.6 Å². The van der Waals surface area contributed by atoms with Crippen LogP contribution in [0.2, 0.25) is 0 Å². The molecule has 0 aromatic carbocycles. The Morgan fingerprint density at radius 2 is 1.85 bits per heavy atom. The molecule has 3 aliphatic rings. The smallest absolute Gasteiger partial charge is 0.236 e. The maximum atomic E-state index is 12.6. The second-order valence-electron chi connectivity index (χ2n) is 7.35. The molecule has 3 heterocycles. The van der Waals surface area contributed by atoms with E-state index in [0.717, 1.165) is 38.6 Å². The molecule has 0 spiro atoms. The second-order valence-corrected chi connectivity index (χ2v) is 7.35. The van der Waals surface area contributed by atoms with Crippen LogP contribution in [0.4, 0.5) is 0 Å². The van der Waals surface area contributed by atoms with Gasteiger partial charge in [0.1, 0.15) is 0 Å². The Hall–Kier alpha value is -0.610. The minimum Gasteiger partial charge on any atom is -0.342 e. The fourth-order valence-electron chi connectivity index (χ4n) is 4.36. The molecule has 1 N–H and O–H groups in total. The molecule has 0 radical (unpaired) electrons. The monoisotopic (exact) mass is 279 g/mol. The number of carbonyl (C=O) groups is 1. The molecule has 3 fully saturated rings. The van der Waals surface area contributed by atoms with Crippen LogP contribution in [0.5, 0.6) is 0 Å². The first kappa shape index (κ1) is 14.3. The first-order valence-electron chi connectivity index (χ1n) is 8.32. The van der Waals surface area contributed by atoms with Crippen LogP contribution in [-0.2, 0) is 4.79 Å². The normalized spacial score (nSPS) is 34.0. The minimum atomic E-state index is 0.162. The Kier molecular flexibility index (Phi) is 4.04. The summed E-state index contributed by atoms with van der Waals surface area (Å²) in [5.41, 5.74) is 0.162. The quantitative estimate of drug-likeness (QED) is 0.828. The van der Waals surface area contributed by atoms with Crippen molar-refractivity contribution in [2.24, 2.45) is 11.8 Å². The third-order valence-corrected chi connectivity index (χ3v) is 5.80. The number of nitrogens with one attached hydrogen (secondary N) is 1. The van der Waals surface area contributed by atoms with Crippen molar-refractivity contribution in [1.29, 1.82) is 0 Å². The van der Waals surface area contributed by atoms with Gasteiger partial charge in [0, 0.05) is 31.7 Å². The maximum absolute atomic E-state index is 12.6. The molecule has 2 atom stereocenters. The van der Waals surface area contributed by atoms with Crippen molar-refractivity contribution in [3.63, 3.8) is 0 Å². The molecule has 4 nitrogen and oxygen atoms in total. The van der Waals surface area contributed by atoms with E-state index < -0.39 is 0 Å². The summed E-state index contributed by atoms with van der Waals surface area (Å²) in [5.74, 6) is 1.80. The summed E-state index contributed by atoms with van der Waals surface area (Å²) in [4.78, 5) is 17.1. The molecular formula is C16H29N3O. The Morgan fingerprint density at radius 1 is 1.15 bits per heavy atom. The van der Waals surface area contributed by atoms with E-state index in [1.54, 1.807) is 0 Å². The third-order valence-electron chi connectivity index (χ3n) is 5.80. The molecule has 3 rings (SSSR count). The fourth-order valence-corrected chi connectivity index (χ4v) is 4.36. The lowest BCUT2D eigenvalue weighted by molar-refractivity contribution is -0.133. The van der Waals surface area contributed by atoms with Crippen LogP contribution in [-0.4, -0.2) is 60.5 Å². The van der Waals surface area contributed by atoms with Crippen LogP contribution in [0.3, 0.4) is 0 Å². The molecule has 1 amide bonds. The summed E-state index contributed by atoms with van der Waals surface area (Å²) in [6, 6.07) is 0. The van der Waals surface area contributed by atoms with Crippen molar-refractivity contribution in [3.8, 4) is 0 Å². The van der Waals surface area contributed by atoms with E-state index in [1.807, 2.05) is 0 Å². The molecule has 3 saturated heterocycles. The van der Waals surface area contributed by atoms with E-state index >= 15 is 0 Å². The molecule has 3 aliphatic heterocycles. The standard InChI is InChI=1S/C16H29N3O/c1-16(2)14-10-17-9-13(14)11-19(16)12-15(20)18-7-5-3-4-6-8-18/h13-14,17H,3-12H2,1-2H3. The number of amides is 1. The SMILES string of the molecule is CC1(C)C2CNCC2CN1CC(=O)N1CCCCCC1. The van der Waals surface area contributed by atoms with Gasteiger partial charge in [-0.15, -0.1) is 0 Å². The van der Waals surface area contributed by atoms with Crippen LogP contribution in [0.25, 0.3) is 0 Å². The number of fused-ring (bicyclic) bond motifs is 1. The summed E-state index contributed by atoms with van der Waals surface area (Å²) in [6.07, 6.45) is 4.94. The highest BCUT2D eigenvalue weighted by atomic mass is 16.2. The molecule has 114 valence electrons. The highest BCUT2D eigenvalue weighted by molar-refractivity contribution is 5.78. The number of hydrogen-bond donors (Lipinski definition) is 1. The van der Waals surface area contributed by atoms with Crippen molar-refractivity contribution >= 4 is 5.91 Å². The van der Waals surface area contributed by atoms with Gasteiger partial charge in [-0.1, -0.05) is 12.8 Å². The number of carbonyl (C=O) groups excluding carboxylic acids is 1. The van der Waals surface area contributed by atoms with E-state index in [4.69, 9.17) is 0 Å². The van der Waals surface area contributed by atoms with Crippen molar-refractivity contribution in [3.05, 3.63) is 0 Å². The first-order chi connectivity index (χ1) is 9.59. The molecule has 0 bridgehead atoms. The van der Waals surface area contributed by atoms with Gasteiger partial charge in [0.15, 0.2) is 0 Å². The molecule has 0 aromatic heterocycles. The second kappa shape index (κ2) is 5.64. The maximum Gasteiger partial charge on any atom is 0.236 e. The van der Waals surface area contributed by atoms with Gasteiger partial charge in [0.05, 0.1) is 6.54 Å². The predicted octanol–water partition coefficient (Wildman–Crippen LogP) is 1.32. The van der Waals surface area contributed by atoms with Crippen molar-refractivity contribution in [1.82, 2.24) is 15.1 Å². The summed E-state index contributed by atoms with van der Waals surface area (Å²) in [7, 11) is 0. The van der Waals surface area contributed by atoms with Crippen LogP contribution in [0.15, 0.2) is 0 Å². The third kappa shape index (κ3) is 2.60. The molecule has 20 heavy (non-hydrogen) atoms. The summed E-state index contributed by atoms with van der Waals surface area (Å²) >= 11 is 0. The van der Waals surface area contributed by atoms with Gasteiger partial charge in [0.25, 0.3) is 0 Å². The van der Waals surface area contributed by atoms with Crippen molar-refractivity contribution in [2.75, 3.05) is 39.3 Å². The van der Waals surface area contributed by atoms with Crippen LogP contribution >= 0.6 is 0 Å². The predicted molar refractivity (Wildman–Crippen MR) is 80.5 cm³/mol. The van der Waals surface area contributed by atoms with Gasteiger partial charge in [-0.05, 0) is 45.1 Å². The van der Waals surface area contributed by atoms with E-state index in [2.05, 4.69) is 29.0 Å². The summed E-state index contributed by atoms with van der Waals surface area (Å²) < 4.78 is 0. The first-order valence-corrected chi connectivity index (χ1v) is 8.32. The molecule has 0 aliphatic carbocycles. The Morgan fingerprint density at radius 3 is 2.50 bits per heavy atom. The van der Waals surface area contributed by atoms with Crippen molar-refractivity contribution < 1.29 is 4.79 Å². The van der Waals surface area contributed by atoms with Crippen molar-refractivity contribution in [2.45, 2.75) is 45.1 Å². The van der Waals surface area contributed by atoms with Gasteiger partial charge in [-0.3, -0.25) is 9.69 Å². The average molecular weight is 279 g/mol. The lowest BCUT2D eigenvalue weighted by Crippen LogP contribution is -2.49. The molecule has 0 saturated carbocycles. The molecule has 0 aromatic rings. The highest BCUT2D eigenvalue weighted by Gasteiger charge is 2.49. The van der Waals surface area contributed by atoms with Crippen LogP contribution in [0.1, 0.15) is 39.5 Å². The fraction of sp³-hybridized carbons (Fsp3) is 0.938. The van der Waals surface area contributed by atoms with Gasteiger partial charge in [-0.2, -0.15) is 0 Å². The number of rotatable bonds is 2. The lowest BCUT2D eigenvalue weighted by Gasteiger charge is -2.36. The summed E-state index contributed by atoms with van der Waals surface area (Å²) in [6.45, 7) is 10.5. The lowest BCUT2D eigenvalue weighted by atomic mass is 9.85. The van der Waals surface area contributed by atoms with E-state index in [9.17, 15) is 4.79 Å². The van der Waals surface area contributed by atoms with Gasteiger partial charge >= 0.3 is 0 Å². The zero-order valence-corrected chi connectivity index (χ0v) is 13.0. The Bertz CT molecular complexity index is 361. The Balaban J connectivity index is 1.61. The zero-order valence-electron chi connectivity index (χ0n) is 13.0. The van der Waals surface area contributed by atoms with E-state index in [0.29, 0.717) is 18.4 Å². The largest absolute Gasteiger partial charge is 0.342 e. The average Bonchev–Trinajstić information content (AvgIpc) is 2.82. The number of nitrogens with zero attached hydrogens (tertiary/aromatic N) is 2. The zero-order chi connectivity index (χ0) is 14.2. The van der Waals surface area contributed by atoms with E-state index in [-0.39, 0.29) is 5.54 Å². The minimum absolute atomic E-state index is 0.162. The van der Waals surface area contributed by atoms with Gasteiger partial charge in [0.2, 0.25) is 5.91 Å². The number of hydrogen-bond acceptors (Lipinski definition) is 3. The van der Waals surface area contributed by atoms with E-state index in [1.165, 1.54) is 25.7 Å². The van der Waals surface area contributed by atoms with Gasteiger partial charge < -0.3 is 10.2 Å². The molecule has 4 heteroatoms. The highest BCUT2D eigenvalue weighted by Crippen LogP contribution is 2.40. The molecule has 2 unspecified atom stereocenters.